The first-order valence-corrected chi connectivity index (χ1v) is 12.6. The van der Waals surface area contributed by atoms with E-state index >= 15 is 0 Å². The second-order valence-electron chi connectivity index (χ2n) is 8.52. The second kappa shape index (κ2) is 13.1. The molecule has 0 aliphatic heterocycles. The first-order chi connectivity index (χ1) is 18.4. The number of carbonyl (C=O) groups excluding carboxylic acids is 2. The molecule has 0 bridgehead atoms. The quantitative estimate of drug-likeness (QED) is 0.242. The first kappa shape index (κ1) is 27.2. The van der Waals surface area contributed by atoms with Gasteiger partial charge in [-0.2, -0.15) is 0 Å². The summed E-state index contributed by atoms with van der Waals surface area (Å²) in [6.45, 7) is -0.0499. The molecule has 0 saturated heterocycles. The maximum atomic E-state index is 13.6. The number of amides is 2. The third kappa shape index (κ3) is 7.34. The number of halogens is 3. The van der Waals surface area contributed by atoms with Gasteiger partial charge in [-0.1, -0.05) is 89.9 Å². The summed E-state index contributed by atoms with van der Waals surface area (Å²) in [5, 5.41) is 3.89. The molecule has 0 saturated carbocycles. The topological polar surface area (TPSA) is 58.6 Å². The average molecular weight is 551 g/mol. The summed E-state index contributed by atoms with van der Waals surface area (Å²) >= 11 is 12.2. The molecule has 2 amide bonds. The van der Waals surface area contributed by atoms with Crippen molar-refractivity contribution in [2.24, 2.45) is 0 Å². The highest BCUT2D eigenvalue weighted by Gasteiger charge is 2.32. The van der Waals surface area contributed by atoms with Gasteiger partial charge in [-0.25, -0.2) is 4.39 Å². The van der Waals surface area contributed by atoms with Crippen molar-refractivity contribution in [1.82, 2.24) is 10.2 Å². The van der Waals surface area contributed by atoms with E-state index in [-0.39, 0.29) is 25.6 Å². The van der Waals surface area contributed by atoms with Gasteiger partial charge in [0.1, 0.15) is 17.6 Å². The first-order valence-electron chi connectivity index (χ1n) is 11.9. The number of hydrogen-bond donors (Lipinski definition) is 1. The molecule has 0 aliphatic rings. The number of carbonyl (C=O) groups is 2. The molecule has 4 aromatic rings. The number of rotatable bonds is 10. The van der Waals surface area contributed by atoms with Crippen LogP contribution in [0.5, 0.6) is 5.75 Å². The minimum atomic E-state index is -0.976. The van der Waals surface area contributed by atoms with Crippen molar-refractivity contribution in [3.8, 4) is 5.75 Å². The summed E-state index contributed by atoms with van der Waals surface area (Å²) in [6.07, 6.45) is 0. The molecule has 0 heterocycles. The van der Waals surface area contributed by atoms with Gasteiger partial charge >= 0.3 is 0 Å². The number of ether oxygens (including phenoxy) is 1. The summed E-state index contributed by atoms with van der Waals surface area (Å²) in [6, 6.07) is 27.8. The lowest BCUT2D eigenvalue weighted by Crippen LogP contribution is -2.45. The van der Waals surface area contributed by atoms with Crippen LogP contribution in [-0.4, -0.2) is 23.3 Å². The Bertz CT molecular complexity index is 1370. The number of nitrogens with one attached hydrogen (secondary N) is 1. The van der Waals surface area contributed by atoms with Crippen LogP contribution < -0.4 is 10.1 Å². The largest absolute Gasteiger partial charge is 0.482 e. The Morgan fingerprint density at radius 2 is 1.45 bits per heavy atom. The van der Waals surface area contributed by atoms with E-state index in [1.165, 1.54) is 17.0 Å². The van der Waals surface area contributed by atoms with Crippen LogP contribution in [0.2, 0.25) is 10.0 Å². The lowest BCUT2D eigenvalue weighted by Gasteiger charge is -2.31. The average Bonchev–Trinajstić information content (AvgIpc) is 2.93. The van der Waals surface area contributed by atoms with Gasteiger partial charge in [-0.05, 0) is 53.1 Å². The van der Waals surface area contributed by atoms with Gasteiger partial charge in [-0.15, -0.1) is 0 Å². The SMILES string of the molecule is O=C(NCc1ccc(Cl)cc1)[C@@H](c1ccccc1)N(Cc1ccc(F)cc1)C(=O)COc1ccccc1Cl. The molecule has 1 N–H and O–H groups in total. The third-order valence-electron chi connectivity index (χ3n) is 5.83. The molecule has 194 valence electrons. The Morgan fingerprint density at radius 3 is 2.13 bits per heavy atom. The molecule has 0 unspecified atom stereocenters. The van der Waals surface area contributed by atoms with Gasteiger partial charge in [0.15, 0.2) is 6.61 Å². The highest BCUT2D eigenvalue weighted by Crippen LogP contribution is 2.26. The lowest BCUT2D eigenvalue weighted by atomic mass is 10.0. The van der Waals surface area contributed by atoms with Gasteiger partial charge in [0.25, 0.3) is 5.91 Å². The summed E-state index contributed by atoms with van der Waals surface area (Å²) in [5.74, 6) is -0.856. The summed E-state index contributed by atoms with van der Waals surface area (Å²) < 4.78 is 19.3. The van der Waals surface area contributed by atoms with Crippen LogP contribution in [0.4, 0.5) is 4.39 Å². The molecule has 5 nitrogen and oxygen atoms in total. The molecule has 0 spiro atoms. The van der Waals surface area contributed by atoms with E-state index in [0.717, 1.165) is 5.56 Å². The molecule has 4 aromatic carbocycles. The normalized spacial score (nSPS) is 11.4. The van der Waals surface area contributed by atoms with E-state index in [2.05, 4.69) is 5.32 Å². The molecule has 0 radical (unpaired) electrons. The van der Waals surface area contributed by atoms with Crippen LogP contribution in [0.15, 0.2) is 103 Å². The standard InChI is InChI=1S/C30H25Cl2FN2O3/c31-24-14-10-21(11-15-24)18-34-30(37)29(23-6-2-1-3-7-23)35(19-22-12-16-25(33)17-13-22)28(36)20-38-27-9-5-4-8-26(27)32/h1-17,29H,18-20H2,(H,34,37)/t29-/m1/s1. The smallest absolute Gasteiger partial charge is 0.261 e. The van der Waals surface area contributed by atoms with Gasteiger partial charge < -0.3 is 15.0 Å². The van der Waals surface area contributed by atoms with Crippen molar-refractivity contribution in [1.29, 1.82) is 0 Å². The zero-order chi connectivity index (χ0) is 26.9. The summed E-state index contributed by atoms with van der Waals surface area (Å²) in [5.41, 5.74) is 2.13. The summed E-state index contributed by atoms with van der Waals surface area (Å²) in [4.78, 5) is 28.7. The highest BCUT2D eigenvalue weighted by atomic mass is 35.5. The maximum Gasteiger partial charge on any atom is 0.261 e. The Balaban J connectivity index is 1.63. The maximum absolute atomic E-state index is 13.6. The molecular formula is C30H25Cl2FN2O3. The van der Waals surface area contributed by atoms with E-state index in [4.69, 9.17) is 27.9 Å². The van der Waals surface area contributed by atoms with Crippen molar-refractivity contribution in [2.75, 3.05) is 6.61 Å². The van der Waals surface area contributed by atoms with Gasteiger partial charge in [0, 0.05) is 18.1 Å². The van der Waals surface area contributed by atoms with E-state index in [9.17, 15) is 14.0 Å². The molecule has 8 heteroatoms. The molecule has 1 atom stereocenters. The minimum absolute atomic E-state index is 0.0545. The predicted octanol–water partition coefficient (Wildman–Crippen LogP) is 6.60. The van der Waals surface area contributed by atoms with Crippen molar-refractivity contribution < 1.29 is 18.7 Å². The highest BCUT2D eigenvalue weighted by molar-refractivity contribution is 6.32. The zero-order valence-electron chi connectivity index (χ0n) is 20.3. The molecule has 0 aliphatic carbocycles. The second-order valence-corrected chi connectivity index (χ2v) is 9.37. The molecule has 38 heavy (non-hydrogen) atoms. The lowest BCUT2D eigenvalue weighted by molar-refractivity contribution is -0.143. The number of nitrogens with zero attached hydrogens (tertiary/aromatic N) is 1. The van der Waals surface area contributed by atoms with Crippen LogP contribution in [0, 0.1) is 5.82 Å². The van der Waals surface area contributed by atoms with E-state index in [0.29, 0.717) is 26.9 Å². The monoisotopic (exact) mass is 550 g/mol. The van der Waals surface area contributed by atoms with Crippen LogP contribution in [-0.2, 0) is 22.7 Å². The molecule has 0 fully saturated rings. The number of para-hydroxylation sites is 1. The van der Waals surface area contributed by atoms with Crippen molar-refractivity contribution >= 4 is 35.0 Å². The van der Waals surface area contributed by atoms with Crippen LogP contribution in [0.1, 0.15) is 22.7 Å². The minimum Gasteiger partial charge on any atom is -0.482 e. The molecular weight excluding hydrogens is 526 g/mol. The fourth-order valence-corrected chi connectivity index (χ4v) is 4.21. The Morgan fingerprint density at radius 1 is 0.816 bits per heavy atom. The third-order valence-corrected chi connectivity index (χ3v) is 6.39. The van der Waals surface area contributed by atoms with Crippen LogP contribution in [0.3, 0.4) is 0 Å². The number of benzene rings is 4. The van der Waals surface area contributed by atoms with E-state index in [1.807, 2.05) is 18.2 Å². The van der Waals surface area contributed by atoms with Gasteiger partial charge in [0.2, 0.25) is 5.91 Å². The Kier molecular flexibility index (Phi) is 9.35. The molecule has 4 rings (SSSR count). The van der Waals surface area contributed by atoms with Crippen molar-refractivity contribution in [2.45, 2.75) is 19.1 Å². The zero-order valence-corrected chi connectivity index (χ0v) is 21.8. The van der Waals surface area contributed by atoms with E-state index in [1.54, 1.807) is 72.8 Å². The fraction of sp³-hybridized carbons (Fsp3) is 0.133. The summed E-state index contributed by atoms with van der Waals surface area (Å²) in [7, 11) is 0. The fourth-order valence-electron chi connectivity index (χ4n) is 3.89. The Labute approximate surface area is 230 Å². The van der Waals surface area contributed by atoms with Crippen LogP contribution in [0.25, 0.3) is 0 Å². The number of hydrogen-bond acceptors (Lipinski definition) is 3. The van der Waals surface area contributed by atoms with E-state index < -0.39 is 17.8 Å². The van der Waals surface area contributed by atoms with Gasteiger partial charge in [-0.3, -0.25) is 9.59 Å². The predicted molar refractivity (Wildman–Crippen MR) is 146 cm³/mol. The van der Waals surface area contributed by atoms with Crippen LogP contribution >= 0.6 is 23.2 Å². The van der Waals surface area contributed by atoms with Crippen molar-refractivity contribution in [3.05, 3.63) is 136 Å². The Hall–Kier alpha value is -3.87. The molecule has 0 aromatic heterocycles. The van der Waals surface area contributed by atoms with Crippen molar-refractivity contribution in [3.63, 3.8) is 0 Å². The van der Waals surface area contributed by atoms with Gasteiger partial charge in [0.05, 0.1) is 5.02 Å².